The largest absolute Gasteiger partial charge is 0.506 e. The van der Waals surface area contributed by atoms with Gasteiger partial charge in [0.2, 0.25) is 0 Å². The lowest BCUT2D eigenvalue weighted by Crippen LogP contribution is -1.80. The first-order valence-corrected chi connectivity index (χ1v) is 5.57. The predicted molar refractivity (Wildman–Crippen MR) is 67.4 cm³/mol. The van der Waals surface area contributed by atoms with Crippen molar-refractivity contribution < 1.29 is 5.11 Å². The van der Waals surface area contributed by atoms with Crippen LogP contribution in [0.25, 0.3) is 11.1 Å². The van der Waals surface area contributed by atoms with Crippen LogP contribution in [-0.2, 0) is 0 Å². The highest BCUT2D eigenvalue weighted by Crippen LogP contribution is 2.34. The third kappa shape index (κ3) is 2.27. The van der Waals surface area contributed by atoms with Crippen LogP contribution in [0, 0.1) is 6.07 Å². The van der Waals surface area contributed by atoms with Crippen LogP contribution in [-0.4, -0.2) is 5.11 Å². The zero-order chi connectivity index (χ0) is 11.7. The highest BCUT2D eigenvalue weighted by Gasteiger charge is 2.07. The van der Waals surface area contributed by atoms with Gasteiger partial charge >= 0.3 is 0 Å². The molecule has 0 saturated heterocycles. The predicted octanol–water partition coefficient (Wildman–Crippen LogP) is 4.82. The normalized spacial score (nSPS) is 10.4. The summed E-state index contributed by atoms with van der Waals surface area (Å²) in [7, 11) is 0. The topological polar surface area (TPSA) is 20.2 Å². The molecule has 0 aliphatic rings. The fraction of sp³-hybridized carbons (Fsp3) is 0. The summed E-state index contributed by atoms with van der Waals surface area (Å²) in [6.45, 7) is 0. The molecule has 0 bridgehead atoms. The van der Waals surface area contributed by atoms with Gasteiger partial charge in [0.25, 0.3) is 0 Å². The maximum atomic E-state index is 9.50. The number of hydrogen-bond donors (Lipinski definition) is 1. The molecule has 0 atom stereocenters. The summed E-state index contributed by atoms with van der Waals surface area (Å²) in [6, 6.07) is 11.2. The first-order chi connectivity index (χ1) is 7.58. The number of aromatic hydroxyl groups is 1. The number of halogens is 3. The van der Waals surface area contributed by atoms with E-state index in [1.54, 1.807) is 30.3 Å². The average molecular weight is 273 g/mol. The summed E-state index contributed by atoms with van der Waals surface area (Å²) in [5.41, 5.74) is 1.51. The number of hydrogen-bond acceptors (Lipinski definition) is 1. The quantitative estimate of drug-likeness (QED) is 0.789. The number of benzene rings is 2. The molecular formula is C12H6Cl3O. The van der Waals surface area contributed by atoms with E-state index in [1.807, 2.05) is 0 Å². The Hall–Kier alpha value is -0.890. The van der Waals surface area contributed by atoms with E-state index in [2.05, 4.69) is 6.07 Å². The Kier molecular flexibility index (Phi) is 3.29. The molecule has 0 saturated carbocycles. The average Bonchev–Trinajstić information content (AvgIpc) is 2.22. The Balaban J connectivity index is 2.54. The molecule has 16 heavy (non-hydrogen) atoms. The van der Waals surface area contributed by atoms with Crippen molar-refractivity contribution in [1.29, 1.82) is 0 Å². The molecule has 0 spiro atoms. The summed E-state index contributed by atoms with van der Waals surface area (Å²) >= 11 is 17.5. The first-order valence-electron chi connectivity index (χ1n) is 4.44. The number of phenolic OH excluding ortho intramolecular Hbond substituents is 1. The zero-order valence-electron chi connectivity index (χ0n) is 7.97. The van der Waals surface area contributed by atoms with Crippen molar-refractivity contribution in [1.82, 2.24) is 0 Å². The second kappa shape index (κ2) is 4.54. The molecule has 0 aliphatic carbocycles. The standard InChI is InChI=1S/C12H6Cl3O/c13-8-2-3-9(11(15)6-8)7-1-4-10(14)12(16)5-7/h1-5,16H. The lowest BCUT2D eigenvalue weighted by atomic mass is 10.1. The molecule has 2 aromatic rings. The van der Waals surface area contributed by atoms with Crippen molar-refractivity contribution in [3.63, 3.8) is 0 Å². The summed E-state index contributed by atoms with van der Waals surface area (Å²) in [4.78, 5) is 0. The molecular weight excluding hydrogens is 266 g/mol. The van der Waals surface area contributed by atoms with E-state index >= 15 is 0 Å². The van der Waals surface area contributed by atoms with Gasteiger partial charge in [-0.05, 0) is 23.8 Å². The van der Waals surface area contributed by atoms with Crippen molar-refractivity contribution >= 4 is 34.8 Å². The van der Waals surface area contributed by atoms with Gasteiger partial charge in [-0.25, -0.2) is 0 Å². The van der Waals surface area contributed by atoms with Crippen molar-refractivity contribution in [2.24, 2.45) is 0 Å². The summed E-state index contributed by atoms with van der Waals surface area (Å²) < 4.78 is 0. The molecule has 1 N–H and O–H groups in total. The molecule has 81 valence electrons. The smallest absolute Gasteiger partial charge is 0.134 e. The molecule has 0 unspecified atom stereocenters. The van der Waals surface area contributed by atoms with Crippen molar-refractivity contribution in [3.05, 3.63) is 51.5 Å². The van der Waals surface area contributed by atoms with Crippen LogP contribution in [0.2, 0.25) is 15.1 Å². The van der Waals surface area contributed by atoms with Crippen LogP contribution >= 0.6 is 34.8 Å². The van der Waals surface area contributed by atoms with Crippen molar-refractivity contribution in [2.75, 3.05) is 0 Å². The van der Waals surface area contributed by atoms with Crippen LogP contribution in [0.5, 0.6) is 5.75 Å². The first kappa shape index (κ1) is 11.6. The molecule has 1 nitrogen and oxygen atoms in total. The Morgan fingerprint density at radius 1 is 1.00 bits per heavy atom. The number of rotatable bonds is 1. The lowest BCUT2D eigenvalue weighted by molar-refractivity contribution is 0.476. The van der Waals surface area contributed by atoms with Gasteiger partial charge in [0.1, 0.15) is 5.75 Å². The van der Waals surface area contributed by atoms with Crippen LogP contribution in [0.4, 0.5) is 0 Å². The summed E-state index contributed by atoms with van der Waals surface area (Å²) in [5.74, 6) is 0.0187. The van der Waals surface area contributed by atoms with Gasteiger partial charge in [-0.1, -0.05) is 46.9 Å². The van der Waals surface area contributed by atoms with Gasteiger partial charge < -0.3 is 5.11 Å². The molecule has 1 radical (unpaired) electrons. The molecule has 4 heteroatoms. The fourth-order valence-corrected chi connectivity index (χ4v) is 1.94. The van der Waals surface area contributed by atoms with E-state index in [0.29, 0.717) is 15.1 Å². The summed E-state index contributed by atoms with van der Waals surface area (Å²) in [5, 5.41) is 10.7. The molecule has 0 fully saturated rings. The van der Waals surface area contributed by atoms with Crippen LogP contribution in [0.3, 0.4) is 0 Å². The minimum Gasteiger partial charge on any atom is -0.506 e. The van der Waals surface area contributed by atoms with E-state index in [4.69, 9.17) is 34.8 Å². The van der Waals surface area contributed by atoms with Gasteiger partial charge in [-0.3, -0.25) is 0 Å². The lowest BCUT2D eigenvalue weighted by Gasteiger charge is -2.06. The molecule has 2 rings (SSSR count). The van der Waals surface area contributed by atoms with E-state index in [1.165, 1.54) is 0 Å². The SMILES string of the molecule is Oc1cc(-c2ccc(Cl)[c]c2Cl)ccc1Cl. The third-order valence-electron chi connectivity index (χ3n) is 2.12. The zero-order valence-corrected chi connectivity index (χ0v) is 10.2. The molecule has 2 aromatic carbocycles. The Morgan fingerprint density at radius 2 is 1.75 bits per heavy atom. The Bertz CT molecular complexity index is 538. The molecule has 0 amide bonds. The minimum absolute atomic E-state index is 0.0187. The van der Waals surface area contributed by atoms with E-state index in [-0.39, 0.29) is 5.75 Å². The van der Waals surface area contributed by atoms with Crippen LogP contribution < -0.4 is 0 Å². The maximum Gasteiger partial charge on any atom is 0.134 e. The van der Waals surface area contributed by atoms with Gasteiger partial charge in [0.15, 0.2) is 0 Å². The Labute approximate surface area is 108 Å². The highest BCUT2D eigenvalue weighted by atomic mass is 35.5. The second-order valence-electron chi connectivity index (χ2n) is 3.20. The van der Waals surface area contributed by atoms with Gasteiger partial charge in [-0.2, -0.15) is 0 Å². The van der Waals surface area contributed by atoms with Gasteiger partial charge in [0, 0.05) is 11.6 Å². The van der Waals surface area contributed by atoms with Crippen molar-refractivity contribution in [2.45, 2.75) is 0 Å². The third-order valence-corrected chi connectivity index (χ3v) is 2.96. The van der Waals surface area contributed by atoms with Crippen LogP contribution in [0.1, 0.15) is 0 Å². The molecule has 0 heterocycles. The maximum absolute atomic E-state index is 9.50. The fourth-order valence-electron chi connectivity index (χ4n) is 1.35. The van der Waals surface area contributed by atoms with Gasteiger partial charge in [-0.15, -0.1) is 0 Å². The monoisotopic (exact) mass is 271 g/mol. The van der Waals surface area contributed by atoms with E-state index < -0.39 is 0 Å². The van der Waals surface area contributed by atoms with Gasteiger partial charge in [0.05, 0.1) is 15.1 Å². The highest BCUT2D eigenvalue weighted by molar-refractivity contribution is 6.36. The minimum atomic E-state index is 0.0187. The van der Waals surface area contributed by atoms with E-state index in [0.717, 1.165) is 11.1 Å². The van der Waals surface area contributed by atoms with Crippen LogP contribution in [0.15, 0.2) is 30.3 Å². The molecule has 0 aliphatic heterocycles. The summed E-state index contributed by atoms with van der Waals surface area (Å²) in [6.07, 6.45) is 0. The van der Waals surface area contributed by atoms with E-state index in [9.17, 15) is 5.11 Å². The number of phenols is 1. The second-order valence-corrected chi connectivity index (χ2v) is 4.39. The molecule has 0 aromatic heterocycles. The Morgan fingerprint density at radius 3 is 2.38 bits per heavy atom. The van der Waals surface area contributed by atoms with Crippen molar-refractivity contribution in [3.8, 4) is 16.9 Å².